The molecular weight excluding hydrogens is 336 g/mol. The Balaban J connectivity index is 0.00000192. The number of rotatable bonds is 5. The molecule has 0 aliphatic carbocycles. The highest BCUT2D eigenvalue weighted by Crippen LogP contribution is 2.29. The van der Waals surface area contributed by atoms with Crippen LogP contribution in [0.1, 0.15) is 0 Å². The molecule has 0 spiro atoms. The van der Waals surface area contributed by atoms with Crippen LogP contribution in [0.3, 0.4) is 0 Å². The third-order valence-corrected chi connectivity index (χ3v) is 5.04. The third kappa shape index (κ3) is 3.19. The molecule has 0 saturated heterocycles. The Bertz CT molecular complexity index is 892. The van der Waals surface area contributed by atoms with E-state index in [4.69, 9.17) is 10.5 Å². The third-order valence-electron chi connectivity index (χ3n) is 3.33. The summed E-state index contributed by atoms with van der Waals surface area (Å²) in [5.41, 5.74) is 6.03. The molecule has 0 unspecified atom stereocenters. The summed E-state index contributed by atoms with van der Waals surface area (Å²) in [5, 5.41) is 0.746. The van der Waals surface area contributed by atoms with Crippen molar-refractivity contribution in [2.24, 2.45) is 5.73 Å². The summed E-state index contributed by atoms with van der Waals surface area (Å²) in [6.07, 6.45) is 1.54. The summed E-state index contributed by atoms with van der Waals surface area (Å²) < 4.78 is 32.3. The number of fused-ring (bicyclic) bond motifs is 1. The van der Waals surface area contributed by atoms with Crippen molar-refractivity contribution >= 4 is 33.3 Å². The van der Waals surface area contributed by atoms with Gasteiger partial charge in [-0.2, -0.15) is 0 Å². The van der Waals surface area contributed by atoms with Gasteiger partial charge in [-0.25, -0.2) is 12.4 Å². The first kappa shape index (κ1) is 17.3. The Morgan fingerprint density at radius 3 is 2.43 bits per heavy atom. The van der Waals surface area contributed by atoms with E-state index >= 15 is 0 Å². The van der Waals surface area contributed by atoms with Gasteiger partial charge in [-0.05, 0) is 30.3 Å². The van der Waals surface area contributed by atoms with E-state index in [0.717, 1.165) is 5.39 Å². The van der Waals surface area contributed by atoms with Crippen molar-refractivity contribution in [1.29, 1.82) is 0 Å². The highest BCUT2D eigenvalue weighted by atomic mass is 35.5. The van der Waals surface area contributed by atoms with Crippen LogP contribution >= 0.6 is 12.4 Å². The molecule has 23 heavy (non-hydrogen) atoms. The van der Waals surface area contributed by atoms with Crippen LogP contribution in [0.15, 0.2) is 65.7 Å². The molecule has 0 amide bonds. The minimum Gasteiger partial charge on any atom is -0.492 e. The molecule has 3 rings (SSSR count). The Kier molecular flexibility index (Phi) is 5.30. The van der Waals surface area contributed by atoms with Gasteiger partial charge in [0.05, 0.1) is 10.4 Å². The van der Waals surface area contributed by atoms with Gasteiger partial charge in [-0.3, -0.25) is 0 Å². The zero-order valence-electron chi connectivity index (χ0n) is 12.3. The lowest BCUT2D eigenvalue weighted by Gasteiger charge is -2.09. The summed E-state index contributed by atoms with van der Waals surface area (Å²) in [6.45, 7) is 0.787. The average molecular weight is 353 g/mol. The zero-order valence-corrected chi connectivity index (χ0v) is 13.9. The van der Waals surface area contributed by atoms with Gasteiger partial charge < -0.3 is 10.5 Å². The fourth-order valence-electron chi connectivity index (χ4n) is 2.33. The topological polar surface area (TPSA) is 74.3 Å². The number of hydrogen-bond acceptors (Lipinski definition) is 4. The molecule has 5 nitrogen and oxygen atoms in total. The second kappa shape index (κ2) is 7.04. The van der Waals surface area contributed by atoms with Crippen molar-refractivity contribution in [2.45, 2.75) is 4.90 Å². The first-order valence-corrected chi connectivity index (χ1v) is 8.32. The van der Waals surface area contributed by atoms with Gasteiger partial charge in [0.2, 0.25) is 0 Å². The van der Waals surface area contributed by atoms with E-state index in [9.17, 15) is 8.42 Å². The van der Waals surface area contributed by atoms with Gasteiger partial charge in [-0.15, -0.1) is 12.4 Å². The smallest absolute Gasteiger partial charge is 0.268 e. The van der Waals surface area contributed by atoms with Gasteiger partial charge in [0.25, 0.3) is 10.0 Å². The molecule has 2 N–H and O–H groups in total. The first-order chi connectivity index (χ1) is 10.6. The lowest BCUT2D eigenvalue weighted by molar-refractivity contribution is 0.332. The van der Waals surface area contributed by atoms with Gasteiger partial charge >= 0.3 is 0 Å². The summed E-state index contributed by atoms with van der Waals surface area (Å²) in [6, 6.07) is 15.4. The number of nitrogens with two attached hydrogens (primary N) is 1. The van der Waals surface area contributed by atoms with E-state index in [1.807, 2.05) is 0 Å². The summed E-state index contributed by atoms with van der Waals surface area (Å²) >= 11 is 0. The zero-order chi connectivity index (χ0) is 15.6. The van der Waals surface area contributed by atoms with Gasteiger partial charge in [0.15, 0.2) is 0 Å². The normalized spacial score (nSPS) is 11.2. The lowest BCUT2D eigenvalue weighted by Crippen LogP contribution is -2.12. The molecule has 0 aliphatic heterocycles. The van der Waals surface area contributed by atoms with Crippen LogP contribution in [-0.2, 0) is 10.0 Å². The Labute approximate surface area is 141 Å². The van der Waals surface area contributed by atoms with E-state index in [0.29, 0.717) is 24.4 Å². The highest BCUT2D eigenvalue weighted by molar-refractivity contribution is 7.90. The van der Waals surface area contributed by atoms with Crippen LogP contribution in [-0.4, -0.2) is 25.5 Å². The number of hydrogen-bond donors (Lipinski definition) is 1. The molecular formula is C16H17ClN2O3S. The predicted octanol–water partition coefficient (Wildman–Crippen LogP) is 2.64. The predicted molar refractivity (Wildman–Crippen MR) is 92.8 cm³/mol. The minimum absolute atomic E-state index is 0. The van der Waals surface area contributed by atoms with Crippen LogP contribution in [0, 0.1) is 0 Å². The van der Waals surface area contributed by atoms with Crippen molar-refractivity contribution in [1.82, 2.24) is 3.97 Å². The molecule has 1 heterocycles. The Morgan fingerprint density at radius 1 is 1.00 bits per heavy atom. The summed E-state index contributed by atoms with van der Waals surface area (Å²) in [7, 11) is -3.62. The molecule has 2 aromatic carbocycles. The molecule has 7 heteroatoms. The molecule has 0 aliphatic rings. The van der Waals surface area contributed by atoms with E-state index in [-0.39, 0.29) is 17.3 Å². The maximum absolute atomic E-state index is 12.7. The van der Waals surface area contributed by atoms with E-state index in [2.05, 4.69) is 0 Å². The minimum atomic E-state index is -3.62. The number of nitrogens with zero attached hydrogens (tertiary/aromatic N) is 1. The van der Waals surface area contributed by atoms with Crippen LogP contribution < -0.4 is 10.5 Å². The molecule has 0 fully saturated rings. The van der Waals surface area contributed by atoms with Crippen molar-refractivity contribution < 1.29 is 13.2 Å². The molecule has 3 aromatic rings. The average Bonchev–Trinajstić information content (AvgIpc) is 2.99. The standard InChI is InChI=1S/C16H16N2O3S.ClH/c17-10-12-21-16-8-4-7-15-14(16)9-11-18(15)22(19,20)13-5-2-1-3-6-13;/h1-9,11H,10,12,17H2;1H. The second-order valence-corrected chi connectivity index (χ2v) is 6.57. The van der Waals surface area contributed by atoms with Crippen LogP contribution in [0.4, 0.5) is 0 Å². The molecule has 0 radical (unpaired) electrons. The maximum atomic E-state index is 12.7. The van der Waals surface area contributed by atoms with Gasteiger partial charge in [0, 0.05) is 18.1 Å². The van der Waals surface area contributed by atoms with E-state index < -0.39 is 10.0 Å². The number of halogens is 1. The lowest BCUT2D eigenvalue weighted by atomic mass is 10.2. The molecule has 0 saturated carbocycles. The molecule has 0 bridgehead atoms. The van der Waals surface area contributed by atoms with Gasteiger partial charge in [-0.1, -0.05) is 24.3 Å². The molecule has 122 valence electrons. The van der Waals surface area contributed by atoms with Crippen molar-refractivity contribution in [3.8, 4) is 5.75 Å². The maximum Gasteiger partial charge on any atom is 0.268 e. The molecule has 1 aromatic heterocycles. The number of ether oxygens (including phenoxy) is 1. The fraction of sp³-hybridized carbons (Fsp3) is 0.125. The number of benzene rings is 2. The van der Waals surface area contributed by atoms with Crippen LogP contribution in [0.25, 0.3) is 10.9 Å². The van der Waals surface area contributed by atoms with Crippen LogP contribution in [0.5, 0.6) is 5.75 Å². The quantitative estimate of drug-likeness (QED) is 0.766. The molecule has 0 atom stereocenters. The fourth-order valence-corrected chi connectivity index (χ4v) is 3.69. The summed E-state index contributed by atoms with van der Waals surface area (Å²) in [5.74, 6) is 0.630. The van der Waals surface area contributed by atoms with Crippen LogP contribution in [0.2, 0.25) is 0 Å². The number of aromatic nitrogens is 1. The highest BCUT2D eigenvalue weighted by Gasteiger charge is 2.19. The second-order valence-electron chi connectivity index (χ2n) is 4.76. The van der Waals surface area contributed by atoms with Crippen molar-refractivity contribution in [3.05, 3.63) is 60.8 Å². The largest absolute Gasteiger partial charge is 0.492 e. The summed E-state index contributed by atoms with van der Waals surface area (Å²) in [4.78, 5) is 0.251. The van der Waals surface area contributed by atoms with Crippen molar-refractivity contribution in [2.75, 3.05) is 13.2 Å². The van der Waals surface area contributed by atoms with Crippen molar-refractivity contribution in [3.63, 3.8) is 0 Å². The SMILES string of the molecule is Cl.NCCOc1cccc2c1ccn2S(=O)(=O)c1ccccc1. The van der Waals surface area contributed by atoms with E-state index in [1.165, 1.54) is 3.97 Å². The van der Waals surface area contributed by atoms with E-state index in [1.54, 1.807) is 60.8 Å². The monoisotopic (exact) mass is 352 g/mol. The Hall–Kier alpha value is -2.02. The first-order valence-electron chi connectivity index (χ1n) is 6.88. The Morgan fingerprint density at radius 2 is 1.74 bits per heavy atom. The van der Waals surface area contributed by atoms with Gasteiger partial charge in [0.1, 0.15) is 12.4 Å².